The highest BCUT2D eigenvalue weighted by molar-refractivity contribution is 7.99. The van der Waals surface area contributed by atoms with Crippen LogP contribution in [0.2, 0.25) is 0 Å². The summed E-state index contributed by atoms with van der Waals surface area (Å²) in [6.45, 7) is 4.33. The highest BCUT2D eigenvalue weighted by atomic mass is 32.2. The van der Waals surface area contributed by atoms with E-state index in [4.69, 9.17) is 9.26 Å². The molecule has 0 saturated heterocycles. The minimum atomic E-state index is 0.0543. The number of benzene rings is 2. The average molecular weight is 440 g/mol. The van der Waals surface area contributed by atoms with Gasteiger partial charge in [0.25, 0.3) is 0 Å². The predicted molar refractivity (Wildman–Crippen MR) is 127 cm³/mol. The van der Waals surface area contributed by atoms with Crippen molar-refractivity contribution >= 4 is 29.0 Å². The van der Waals surface area contributed by atoms with E-state index in [-0.39, 0.29) is 5.91 Å². The molecule has 31 heavy (non-hydrogen) atoms. The van der Waals surface area contributed by atoms with Crippen LogP contribution in [0.4, 0.5) is 11.4 Å². The number of hydrogen-bond acceptors (Lipinski definition) is 6. The van der Waals surface area contributed by atoms with Crippen molar-refractivity contribution in [1.29, 1.82) is 0 Å². The summed E-state index contributed by atoms with van der Waals surface area (Å²) in [5, 5.41) is 3.99. The Balaban J connectivity index is 1.74. The van der Waals surface area contributed by atoms with Crippen molar-refractivity contribution in [2.24, 2.45) is 0 Å². The Morgan fingerprint density at radius 3 is 2.23 bits per heavy atom. The molecule has 0 fully saturated rings. The average Bonchev–Trinajstić information content (AvgIpc) is 3.10. The first kappa shape index (κ1) is 22.7. The maximum atomic E-state index is 13.2. The van der Waals surface area contributed by atoms with E-state index in [1.807, 2.05) is 57.1 Å². The van der Waals surface area contributed by atoms with Crippen molar-refractivity contribution in [3.8, 4) is 5.75 Å². The quantitative estimate of drug-likeness (QED) is 0.476. The molecule has 0 atom stereocenters. The van der Waals surface area contributed by atoms with Gasteiger partial charge in [-0.3, -0.25) is 4.79 Å². The molecule has 0 unspecified atom stereocenters. The number of rotatable bonds is 9. The molecule has 0 saturated carbocycles. The van der Waals surface area contributed by atoms with Crippen LogP contribution >= 0.6 is 11.8 Å². The van der Waals surface area contributed by atoms with Crippen molar-refractivity contribution in [2.75, 3.05) is 36.8 Å². The molecule has 0 spiro atoms. The second-order valence-corrected chi connectivity index (χ2v) is 8.52. The first-order chi connectivity index (χ1) is 14.9. The number of nitrogens with zero attached hydrogens (tertiary/aromatic N) is 3. The molecule has 0 aliphatic heterocycles. The smallest absolute Gasteiger partial charge is 0.237 e. The van der Waals surface area contributed by atoms with Gasteiger partial charge < -0.3 is 19.1 Å². The highest BCUT2D eigenvalue weighted by Crippen LogP contribution is 2.25. The maximum absolute atomic E-state index is 13.2. The van der Waals surface area contributed by atoms with Gasteiger partial charge in [0.1, 0.15) is 11.5 Å². The lowest BCUT2D eigenvalue weighted by molar-refractivity contribution is -0.116. The Bertz CT molecular complexity index is 978. The van der Waals surface area contributed by atoms with E-state index in [9.17, 15) is 4.79 Å². The summed E-state index contributed by atoms with van der Waals surface area (Å²) < 4.78 is 10.5. The molecule has 7 heteroatoms. The number of aromatic nitrogens is 1. The SMILES string of the molecule is COc1ccc(N(Cc2ccc(N(C)C)cc2)C(=O)CSCc2c(C)noc2C)cc1. The topological polar surface area (TPSA) is 58.8 Å². The monoisotopic (exact) mass is 439 g/mol. The van der Waals surface area contributed by atoms with E-state index in [2.05, 4.69) is 34.3 Å². The molecule has 0 radical (unpaired) electrons. The number of hydrogen-bond donors (Lipinski definition) is 0. The Labute approximate surface area is 188 Å². The number of carbonyl (C=O) groups excluding carboxylic acids is 1. The lowest BCUT2D eigenvalue weighted by Crippen LogP contribution is -2.32. The zero-order chi connectivity index (χ0) is 22.4. The van der Waals surface area contributed by atoms with Crippen LogP contribution in [-0.2, 0) is 17.1 Å². The van der Waals surface area contributed by atoms with E-state index in [0.29, 0.717) is 18.1 Å². The van der Waals surface area contributed by atoms with Crippen LogP contribution in [0.1, 0.15) is 22.6 Å². The molecule has 0 N–H and O–H groups in total. The van der Waals surface area contributed by atoms with Gasteiger partial charge in [-0.2, -0.15) is 0 Å². The Kier molecular flexibility index (Phi) is 7.63. The minimum Gasteiger partial charge on any atom is -0.497 e. The Morgan fingerprint density at radius 2 is 1.68 bits per heavy atom. The number of amides is 1. The molecule has 1 amide bonds. The molecule has 6 nitrogen and oxygen atoms in total. The predicted octanol–water partition coefficient (Wildman–Crippen LogP) is 4.83. The van der Waals surface area contributed by atoms with Crippen LogP contribution in [0.25, 0.3) is 0 Å². The van der Waals surface area contributed by atoms with Gasteiger partial charge in [0.2, 0.25) is 5.91 Å². The first-order valence-electron chi connectivity index (χ1n) is 10.1. The molecule has 1 aromatic heterocycles. The summed E-state index contributed by atoms with van der Waals surface area (Å²) in [6, 6.07) is 15.9. The van der Waals surface area contributed by atoms with Crippen molar-refractivity contribution < 1.29 is 14.1 Å². The van der Waals surface area contributed by atoms with Crippen molar-refractivity contribution in [3.05, 3.63) is 71.1 Å². The fourth-order valence-electron chi connectivity index (χ4n) is 3.19. The standard InChI is InChI=1S/C24H29N3O3S/c1-17-23(18(2)30-25-17)15-31-16-24(28)27(21-10-12-22(29-5)13-11-21)14-19-6-8-20(9-7-19)26(3)4/h6-13H,14-16H2,1-5H3. The van der Waals surface area contributed by atoms with Gasteiger partial charge in [-0.15, -0.1) is 11.8 Å². The summed E-state index contributed by atoms with van der Waals surface area (Å²) >= 11 is 1.57. The van der Waals surface area contributed by atoms with Crippen LogP contribution in [0.3, 0.4) is 0 Å². The molecule has 2 aromatic carbocycles. The van der Waals surface area contributed by atoms with Crippen molar-refractivity contribution in [2.45, 2.75) is 26.1 Å². The van der Waals surface area contributed by atoms with Gasteiger partial charge in [-0.1, -0.05) is 17.3 Å². The molecule has 0 aliphatic rings. The Morgan fingerprint density at radius 1 is 1.03 bits per heavy atom. The highest BCUT2D eigenvalue weighted by Gasteiger charge is 2.18. The fourth-order valence-corrected chi connectivity index (χ4v) is 4.24. The number of methoxy groups -OCH3 is 1. The third-order valence-electron chi connectivity index (χ3n) is 5.13. The zero-order valence-electron chi connectivity index (χ0n) is 18.7. The van der Waals surface area contributed by atoms with Gasteiger partial charge in [0.05, 0.1) is 25.1 Å². The molecule has 3 rings (SSSR count). The molecular weight excluding hydrogens is 410 g/mol. The van der Waals surface area contributed by atoms with Gasteiger partial charge in [-0.25, -0.2) is 0 Å². The van der Waals surface area contributed by atoms with E-state index in [0.717, 1.165) is 39.7 Å². The molecule has 164 valence electrons. The number of aryl methyl sites for hydroxylation is 2. The zero-order valence-corrected chi connectivity index (χ0v) is 19.5. The minimum absolute atomic E-state index is 0.0543. The summed E-state index contributed by atoms with van der Waals surface area (Å²) in [5.41, 5.74) is 4.99. The van der Waals surface area contributed by atoms with Gasteiger partial charge in [0.15, 0.2) is 0 Å². The van der Waals surface area contributed by atoms with Crippen LogP contribution in [-0.4, -0.2) is 38.0 Å². The normalized spacial score (nSPS) is 10.7. The Hall–Kier alpha value is -2.93. The molecule has 3 aromatic rings. The van der Waals surface area contributed by atoms with Crippen LogP contribution in [0.15, 0.2) is 53.1 Å². The second-order valence-electron chi connectivity index (χ2n) is 7.53. The fraction of sp³-hybridized carbons (Fsp3) is 0.333. The largest absolute Gasteiger partial charge is 0.497 e. The van der Waals surface area contributed by atoms with Gasteiger partial charge in [0, 0.05) is 36.8 Å². The maximum Gasteiger partial charge on any atom is 0.237 e. The number of anilines is 2. The summed E-state index contributed by atoms with van der Waals surface area (Å²) in [6.07, 6.45) is 0. The number of thioether (sulfide) groups is 1. The first-order valence-corrected chi connectivity index (χ1v) is 11.2. The van der Waals surface area contributed by atoms with Gasteiger partial charge in [-0.05, 0) is 55.8 Å². The lowest BCUT2D eigenvalue weighted by atomic mass is 10.1. The second kappa shape index (κ2) is 10.4. The molecule has 0 bridgehead atoms. The summed E-state index contributed by atoms with van der Waals surface area (Å²) in [7, 11) is 5.66. The molecular formula is C24H29N3O3S. The third kappa shape index (κ3) is 5.82. The van der Waals surface area contributed by atoms with E-state index in [1.165, 1.54) is 0 Å². The van der Waals surface area contributed by atoms with E-state index >= 15 is 0 Å². The third-order valence-corrected chi connectivity index (χ3v) is 6.08. The summed E-state index contributed by atoms with van der Waals surface area (Å²) in [5.74, 6) is 2.69. The number of ether oxygens (including phenoxy) is 1. The van der Waals surface area contributed by atoms with E-state index in [1.54, 1.807) is 18.9 Å². The van der Waals surface area contributed by atoms with Gasteiger partial charge >= 0.3 is 0 Å². The lowest BCUT2D eigenvalue weighted by Gasteiger charge is -2.24. The van der Waals surface area contributed by atoms with Crippen LogP contribution in [0.5, 0.6) is 5.75 Å². The molecule has 0 aliphatic carbocycles. The van der Waals surface area contributed by atoms with Crippen LogP contribution < -0.4 is 14.5 Å². The summed E-state index contributed by atoms with van der Waals surface area (Å²) in [4.78, 5) is 17.1. The number of carbonyl (C=O) groups is 1. The van der Waals surface area contributed by atoms with Crippen LogP contribution in [0, 0.1) is 13.8 Å². The van der Waals surface area contributed by atoms with Crippen molar-refractivity contribution in [1.82, 2.24) is 5.16 Å². The van der Waals surface area contributed by atoms with Crippen molar-refractivity contribution in [3.63, 3.8) is 0 Å². The van der Waals surface area contributed by atoms with E-state index < -0.39 is 0 Å². The molecule has 1 heterocycles.